The molecule has 0 fully saturated rings. The lowest BCUT2D eigenvalue weighted by Crippen LogP contribution is -2.28. The van der Waals surface area contributed by atoms with Crippen LogP contribution >= 0.6 is 0 Å². The number of carboxylic acid groups (broad SMARTS) is 2. The molecule has 2 heterocycles. The minimum atomic E-state index is -0.920. The number of carbonyl (C=O) groups is 2. The number of allylic oxidation sites excluding steroid dienone is 2. The fourth-order valence-corrected chi connectivity index (χ4v) is 7.90. The molecule has 2 unspecified atom stereocenters. The topological polar surface area (TPSA) is 100 Å². The normalized spacial score (nSPS) is 19.5. The van der Waals surface area contributed by atoms with E-state index >= 15 is 0 Å². The van der Waals surface area contributed by atoms with Gasteiger partial charge in [0.05, 0.1) is 33.5 Å². The SMILES string of the molecule is CC(C)(C)C1CC(=Cc2cccc(C=C3CC(C(C)(C)C)Cc4c3nc3ccccc3c4C(=O)O)c2)c2nc3ccccc3c(C(=O)O)c2C1. The summed E-state index contributed by atoms with van der Waals surface area (Å²) < 4.78 is 0. The molecule has 2 aromatic heterocycles. The molecule has 7 rings (SSSR count). The maximum absolute atomic E-state index is 12.8. The minimum Gasteiger partial charge on any atom is -0.478 e. The first kappa shape index (κ1) is 33.4. The first-order chi connectivity index (χ1) is 23.7. The van der Waals surface area contributed by atoms with Gasteiger partial charge >= 0.3 is 11.9 Å². The summed E-state index contributed by atoms with van der Waals surface area (Å²) in [6, 6.07) is 23.4. The van der Waals surface area contributed by atoms with Crippen LogP contribution in [0, 0.1) is 22.7 Å². The fourth-order valence-electron chi connectivity index (χ4n) is 7.90. The summed E-state index contributed by atoms with van der Waals surface area (Å²) in [5, 5.41) is 22.3. The van der Waals surface area contributed by atoms with Crippen molar-refractivity contribution in [3.8, 4) is 0 Å². The summed E-state index contributed by atoms with van der Waals surface area (Å²) in [6.07, 6.45) is 7.26. The van der Waals surface area contributed by atoms with Crippen molar-refractivity contribution >= 4 is 57.0 Å². The zero-order chi connectivity index (χ0) is 35.5. The van der Waals surface area contributed by atoms with Gasteiger partial charge in [-0.3, -0.25) is 0 Å². The molecule has 6 nitrogen and oxygen atoms in total. The fraction of sp³-hybridized carbons (Fsp3) is 0.318. The van der Waals surface area contributed by atoms with Crippen molar-refractivity contribution in [3.63, 3.8) is 0 Å². The summed E-state index contributed by atoms with van der Waals surface area (Å²) in [6.45, 7) is 13.3. The predicted octanol–water partition coefficient (Wildman–Crippen LogP) is 10.5. The Labute approximate surface area is 293 Å². The number of hydrogen-bond acceptors (Lipinski definition) is 4. The average molecular weight is 665 g/mol. The highest BCUT2D eigenvalue weighted by Gasteiger charge is 2.36. The molecule has 0 radical (unpaired) electrons. The molecule has 0 aliphatic heterocycles. The van der Waals surface area contributed by atoms with E-state index in [1.165, 1.54) is 0 Å². The molecule has 3 aromatic carbocycles. The van der Waals surface area contributed by atoms with Crippen molar-refractivity contribution in [2.75, 3.05) is 0 Å². The van der Waals surface area contributed by atoms with Crippen molar-refractivity contribution in [3.05, 3.63) is 118 Å². The number of benzene rings is 3. The van der Waals surface area contributed by atoms with E-state index in [4.69, 9.17) is 9.97 Å². The first-order valence-electron chi connectivity index (χ1n) is 17.5. The van der Waals surface area contributed by atoms with Gasteiger partial charge in [-0.25, -0.2) is 19.6 Å². The monoisotopic (exact) mass is 664 g/mol. The van der Waals surface area contributed by atoms with Crippen LogP contribution in [0.5, 0.6) is 0 Å². The molecule has 0 saturated carbocycles. The Hall–Kier alpha value is -5.10. The third kappa shape index (κ3) is 6.12. The van der Waals surface area contributed by atoms with Gasteiger partial charge in [0.15, 0.2) is 0 Å². The summed E-state index contributed by atoms with van der Waals surface area (Å²) in [5.41, 5.74) is 9.28. The Bertz CT molecular complexity index is 2110. The first-order valence-corrected chi connectivity index (χ1v) is 17.5. The molecular formula is C44H44N2O4. The Kier molecular flexibility index (Phi) is 8.25. The van der Waals surface area contributed by atoms with Gasteiger partial charge in [0, 0.05) is 10.8 Å². The van der Waals surface area contributed by atoms with Crippen LogP contribution in [0.4, 0.5) is 0 Å². The summed E-state index contributed by atoms with van der Waals surface area (Å²) >= 11 is 0. The molecule has 6 heteroatoms. The van der Waals surface area contributed by atoms with Gasteiger partial charge in [-0.05, 0) is 112 Å². The predicted molar refractivity (Wildman–Crippen MR) is 202 cm³/mol. The number of hydrogen-bond donors (Lipinski definition) is 2. The highest BCUT2D eigenvalue weighted by molar-refractivity contribution is 6.07. The van der Waals surface area contributed by atoms with E-state index in [1.54, 1.807) is 0 Å². The smallest absolute Gasteiger partial charge is 0.336 e. The Morgan fingerprint density at radius 1 is 0.600 bits per heavy atom. The van der Waals surface area contributed by atoms with E-state index in [0.717, 1.165) is 57.6 Å². The highest BCUT2D eigenvalue weighted by Crippen LogP contribution is 2.46. The largest absolute Gasteiger partial charge is 0.478 e. The van der Waals surface area contributed by atoms with Crippen molar-refractivity contribution in [2.24, 2.45) is 22.7 Å². The zero-order valence-corrected chi connectivity index (χ0v) is 29.7. The summed E-state index contributed by atoms with van der Waals surface area (Å²) in [7, 11) is 0. The van der Waals surface area contributed by atoms with Gasteiger partial charge in [0.1, 0.15) is 0 Å². The number of rotatable bonds is 4. The van der Waals surface area contributed by atoms with Crippen LogP contribution in [-0.2, 0) is 12.8 Å². The number of fused-ring (bicyclic) bond motifs is 4. The number of aromatic nitrogens is 2. The standard InChI is InChI=1S/C44H44N2O4/c1-43(2,3)29-21-27(39-33(23-29)37(41(47)48)31-14-7-9-16-35(31)45-39)19-25-12-11-13-26(18-25)20-28-22-30(44(4,5)6)24-34-38(42(49)50)32-15-8-10-17-36(32)46-40(28)34/h7-20,29-30H,21-24H2,1-6H3,(H,47,48)(H,49,50). The van der Waals surface area contributed by atoms with Gasteiger partial charge in [-0.1, -0.05) is 96.1 Å². The van der Waals surface area contributed by atoms with Crippen LogP contribution in [-0.4, -0.2) is 32.1 Å². The molecule has 50 heavy (non-hydrogen) atoms. The second-order valence-corrected chi connectivity index (χ2v) is 16.2. The quantitative estimate of drug-likeness (QED) is 0.198. The lowest BCUT2D eigenvalue weighted by atomic mass is 9.68. The molecule has 2 aliphatic carbocycles. The van der Waals surface area contributed by atoms with Gasteiger partial charge in [0.25, 0.3) is 0 Å². The van der Waals surface area contributed by atoms with Crippen LogP contribution in [0.1, 0.15) is 109 Å². The Morgan fingerprint density at radius 2 is 1.00 bits per heavy atom. The third-order valence-electron chi connectivity index (χ3n) is 10.9. The molecule has 5 aromatic rings. The number of pyridine rings is 2. The van der Waals surface area contributed by atoms with Crippen molar-refractivity contribution < 1.29 is 19.8 Å². The molecule has 254 valence electrons. The number of nitrogens with zero attached hydrogens (tertiary/aromatic N) is 2. The molecule has 2 aliphatic rings. The number of carboxylic acids is 2. The van der Waals surface area contributed by atoms with E-state index in [9.17, 15) is 19.8 Å². The van der Waals surface area contributed by atoms with Gasteiger partial charge < -0.3 is 10.2 Å². The minimum absolute atomic E-state index is 0.0333. The van der Waals surface area contributed by atoms with Crippen LogP contribution < -0.4 is 0 Å². The van der Waals surface area contributed by atoms with Gasteiger partial charge in [0.2, 0.25) is 0 Å². The van der Waals surface area contributed by atoms with Crippen LogP contribution in [0.2, 0.25) is 0 Å². The molecule has 2 atom stereocenters. The van der Waals surface area contributed by atoms with E-state index < -0.39 is 11.9 Å². The second kappa shape index (κ2) is 12.3. The van der Waals surface area contributed by atoms with E-state index in [2.05, 4.69) is 71.9 Å². The van der Waals surface area contributed by atoms with Gasteiger partial charge in [-0.2, -0.15) is 0 Å². The molecule has 0 saturated heterocycles. The van der Waals surface area contributed by atoms with E-state index in [1.807, 2.05) is 54.6 Å². The maximum Gasteiger partial charge on any atom is 0.336 e. The Balaban J connectivity index is 1.38. The lowest BCUT2D eigenvalue weighted by Gasteiger charge is -2.36. The second-order valence-electron chi connectivity index (χ2n) is 16.2. The third-order valence-corrected chi connectivity index (χ3v) is 10.9. The van der Waals surface area contributed by atoms with Crippen LogP contribution in [0.3, 0.4) is 0 Å². The average Bonchev–Trinajstić information content (AvgIpc) is 3.05. The van der Waals surface area contributed by atoms with E-state index in [-0.39, 0.29) is 22.7 Å². The van der Waals surface area contributed by atoms with Crippen molar-refractivity contribution in [1.82, 2.24) is 9.97 Å². The van der Waals surface area contributed by atoms with Crippen LogP contribution in [0.25, 0.3) is 45.1 Å². The summed E-state index contributed by atoms with van der Waals surface area (Å²) in [4.78, 5) is 35.7. The highest BCUT2D eigenvalue weighted by atomic mass is 16.4. The molecule has 2 N–H and O–H groups in total. The molecule has 0 bridgehead atoms. The van der Waals surface area contributed by atoms with Gasteiger partial charge in [-0.15, -0.1) is 0 Å². The molecule has 0 amide bonds. The Morgan fingerprint density at radius 3 is 1.38 bits per heavy atom. The van der Waals surface area contributed by atoms with Crippen molar-refractivity contribution in [2.45, 2.75) is 67.2 Å². The maximum atomic E-state index is 12.8. The lowest BCUT2D eigenvalue weighted by molar-refractivity contribution is 0.0685. The zero-order valence-electron chi connectivity index (χ0n) is 29.7. The van der Waals surface area contributed by atoms with Crippen molar-refractivity contribution in [1.29, 1.82) is 0 Å². The summed E-state index contributed by atoms with van der Waals surface area (Å²) in [5.74, 6) is -1.36. The number of aromatic carboxylic acids is 2. The molecule has 0 spiro atoms. The number of para-hydroxylation sites is 2. The van der Waals surface area contributed by atoms with Crippen LogP contribution in [0.15, 0.2) is 72.8 Å². The molecular weight excluding hydrogens is 620 g/mol. The van der Waals surface area contributed by atoms with E-state index in [0.29, 0.717) is 45.8 Å².